The van der Waals surface area contributed by atoms with Crippen LogP contribution in [-0.4, -0.2) is 61.7 Å². The Morgan fingerprint density at radius 2 is 1.90 bits per heavy atom. The fraction of sp³-hybridized carbons (Fsp3) is 0.519. The summed E-state index contributed by atoms with van der Waals surface area (Å²) in [4.78, 5) is 39.7. The first-order valence-electron chi connectivity index (χ1n) is 13.8. The first kappa shape index (κ1) is 28.8. The molecule has 220 valence electrons. The summed E-state index contributed by atoms with van der Waals surface area (Å²) in [6, 6.07) is 1.54. The summed E-state index contributed by atoms with van der Waals surface area (Å²) >= 11 is 6.17. The van der Waals surface area contributed by atoms with Crippen LogP contribution in [0.1, 0.15) is 58.4 Å². The number of likely N-dealkylation sites (tertiary alicyclic amines) is 1. The molecule has 5 rings (SSSR count). The number of amides is 2. The SMILES string of the molecule is CC(C)OC(=O)N1CCC[C@@H](Nc2ncc3nc(Nc4c(F)cc(F)cc4Cl)n([C@H]4CC[C@H](C(N)=O)CC4)c3n2)C1. The average molecular weight is 591 g/mol. The number of nitrogens with two attached hydrogens (primary N) is 1. The smallest absolute Gasteiger partial charge is 0.410 e. The number of aromatic nitrogens is 4. The van der Waals surface area contributed by atoms with E-state index >= 15 is 0 Å². The van der Waals surface area contributed by atoms with Crippen LogP contribution in [0.5, 0.6) is 0 Å². The van der Waals surface area contributed by atoms with Crippen LogP contribution in [0.15, 0.2) is 18.3 Å². The number of nitrogens with zero attached hydrogens (tertiary/aromatic N) is 5. The molecule has 0 spiro atoms. The number of halogens is 3. The molecule has 1 saturated carbocycles. The van der Waals surface area contributed by atoms with Crippen LogP contribution in [0.2, 0.25) is 5.02 Å². The quantitative estimate of drug-likeness (QED) is 0.344. The van der Waals surface area contributed by atoms with Gasteiger partial charge in [0.05, 0.1) is 23.0 Å². The van der Waals surface area contributed by atoms with E-state index in [0.29, 0.717) is 55.9 Å². The molecule has 3 heterocycles. The monoisotopic (exact) mass is 590 g/mol. The lowest BCUT2D eigenvalue weighted by molar-refractivity contribution is -0.122. The van der Waals surface area contributed by atoms with Gasteiger partial charge in [-0.3, -0.25) is 9.36 Å². The fourth-order valence-electron chi connectivity index (χ4n) is 5.51. The Kier molecular flexibility index (Phi) is 8.43. The van der Waals surface area contributed by atoms with Crippen molar-refractivity contribution in [2.24, 2.45) is 11.7 Å². The zero-order chi connectivity index (χ0) is 29.3. The van der Waals surface area contributed by atoms with Gasteiger partial charge in [-0.15, -0.1) is 0 Å². The first-order valence-corrected chi connectivity index (χ1v) is 14.1. The number of fused-ring (bicyclic) bond motifs is 1. The number of carbonyl (C=O) groups is 2. The minimum atomic E-state index is -0.864. The van der Waals surface area contributed by atoms with E-state index in [1.165, 1.54) is 0 Å². The first-order chi connectivity index (χ1) is 19.6. The maximum absolute atomic E-state index is 14.7. The van der Waals surface area contributed by atoms with Crippen molar-refractivity contribution in [1.82, 2.24) is 24.4 Å². The number of imidazole rings is 1. The lowest BCUT2D eigenvalue weighted by Crippen LogP contribution is -2.46. The zero-order valence-corrected chi connectivity index (χ0v) is 23.6. The third kappa shape index (κ3) is 6.45. The second-order valence-electron chi connectivity index (χ2n) is 10.8. The second-order valence-corrected chi connectivity index (χ2v) is 11.3. The Bertz CT molecular complexity index is 1420. The largest absolute Gasteiger partial charge is 0.447 e. The maximum Gasteiger partial charge on any atom is 0.410 e. The molecule has 2 amide bonds. The number of benzene rings is 1. The highest BCUT2D eigenvalue weighted by Gasteiger charge is 2.30. The Balaban J connectivity index is 1.45. The lowest BCUT2D eigenvalue weighted by atomic mass is 9.85. The molecule has 41 heavy (non-hydrogen) atoms. The van der Waals surface area contributed by atoms with Crippen LogP contribution in [0.3, 0.4) is 0 Å². The van der Waals surface area contributed by atoms with E-state index < -0.39 is 11.6 Å². The molecular formula is C27H33ClF2N8O3. The number of nitrogens with one attached hydrogen (secondary N) is 2. The van der Waals surface area contributed by atoms with Crippen LogP contribution in [0.4, 0.5) is 31.2 Å². The van der Waals surface area contributed by atoms with Crippen molar-refractivity contribution in [1.29, 1.82) is 0 Å². The van der Waals surface area contributed by atoms with Crippen molar-refractivity contribution in [3.63, 3.8) is 0 Å². The molecule has 1 aliphatic heterocycles. The van der Waals surface area contributed by atoms with Crippen molar-refractivity contribution in [3.8, 4) is 0 Å². The number of hydrogen-bond acceptors (Lipinski definition) is 8. The van der Waals surface area contributed by atoms with Gasteiger partial charge in [0, 0.05) is 37.2 Å². The van der Waals surface area contributed by atoms with Gasteiger partial charge < -0.3 is 26.0 Å². The van der Waals surface area contributed by atoms with Gasteiger partial charge >= 0.3 is 6.09 Å². The fourth-order valence-corrected chi connectivity index (χ4v) is 5.75. The molecule has 4 N–H and O–H groups in total. The van der Waals surface area contributed by atoms with Crippen LogP contribution in [-0.2, 0) is 9.53 Å². The summed E-state index contributed by atoms with van der Waals surface area (Å²) < 4.78 is 35.6. The highest BCUT2D eigenvalue weighted by molar-refractivity contribution is 6.33. The normalized spacial score (nSPS) is 21.2. The third-order valence-electron chi connectivity index (χ3n) is 7.49. The molecule has 2 aromatic heterocycles. The third-order valence-corrected chi connectivity index (χ3v) is 7.79. The van der Waals surface area contributed by atoms with Gasteiger partial charge in [0.15, 0.2) is 11.5 Å². The molecule has 2 aliphatic rings. The Hall–Kier alpha value is -3.74. The van der Waals surface area contributed by atoms with Gasteiger partial charge in [-0.25, -0.2) is 23.5 Å². The van der Waals surface area contributed by atoms with Gasteiger partial charge in [-0.05, 0) is 58.4 Å². The van der Waals surface area contributed by atoms with Gasteiger partial charge in [0.2, 0.25) is 17.8 Å². The highest BCUT2D eigenvalue weighted by Crippen LogP contribution is 2.38. The van der Waals surface area contributed by atoms with Crippen molar-refractivity contribution >= 4 is 52.3 Å². The van der Waals surface area contributed by atoms with E-state index in [9.17, 15) is 18.4 Å². The van der Waals surface area contributed by atoms with Crippen LogP contribution < -0.4 is 16.4 Å². The number of rotatable bonds is 7. The molecule has 0 unspecified atom stereocenters. The molecule has 11 nitrogen and oxygen atoms in total. The Morgan fingerprint density at radius 1 is 1.15 bits per heavy atom. The minimum absolute atomic E-state index is 0.0898. The Labute approximate surface area is 240 Å². The Morgan fingerprint density at radius 3 is 2.59 bits per heavy atom. The molecule has 1 atom stereocenters. The van der Waals surface area contributed by atoms with E-state index in [0.717, 1.165) is 25.0 Å². The van der Waals surface area contributed by atoms with E-state index in [-0.39, 0.29) is 52.8 Å². The number of piperidine rings is 1. The summed E-state index contributed by atoms with van der Waals surface area (Å²) in [6.45, 7) is 4.68. The van der Waals surface area contributed by atoms with E-state index in [2.05, 4.69) is 20.6 Å². The highest BCUT2D eigenvalue weighted by atomic mass is 35.5. The zero-order valence-electron chi connectivity index (χ0n) is 22.9. The number of hydrogen-bond donors (Lipinski definition) is 3. The van der Waals surface area contributed by atoms with Gasteiger partial charge in [-0.1, -0.05) is 11.6 Å². The maximum atomic E-state index is 14.7. The molecule has 0 radical (unpaired) electrons. The summed E-state index contributed by atoms with van der Waals surface area (Å²) in [5, 5.41) is 6.13. The molecule has 14 heteroatoms. The van der Waals surface area contributed by atoms with Gasteiger partial charge in [0.1, 0.15) is 11.3 Å². The molecule has 1 saturated heterocycles. The summed E-state index contributed by atoms with van der Waals surface area (Å²) in [5.74, 6) is -1.59. The number of ether oxygens (including phenoxy) is 1. The van der Waals surface area contributed by atoms with E-state index in [4.69, 9.17) is 27.1 Å². The topological polar surface area (TPSA) is 140 Å². The van der Waals surface area contributed by atoms with Gasteiger partial charge in [0.25, 0.3) is 0 Å². The average Bonchev–Trinajstić information content (AvgIpc) is 3.27. The minimum Gasteiger partial charge on any atom is -0.447 e. The van der Waals surface area contributed by atoms with Crippen molar-refractivity contribution in [3.05, 3.63) is 35.0 Å². The van der Waals surface area contributed by atoms with Crippen LogP contribution in [0, 0.1) is 17.6 Å². The summed E-state index contributed by atoms with van der Waals surface area (Å²) in [5.41, 5.74) is 6.38. The molecule has 1 aromatic carbocycles. The second kappa shape index (κ2) is 12.0. The summed E-state index contributed by atoms with van der Waals surface area (Å²) in [6.07, 6.45) is 5.04. The van der Waals surface area contributed by atoms with Crippen molar-refractivity contribution in [2.75, 3.05) is 23.7 Å². The predicted molar refractivity (Wildman–Crippen MR) is 150 cm³/mol. The van der Waals surface area contributed by atoms with E-state index in [1.807, 2.05) is 18.4 Å². The van der Waals surface area contributed by atoms with Crippen molar-refractivity contribution < 1.29 is 23.1 Å². The standard InChI is InChI=1S/C27H33ClF2N8O3/c1-14(2)41-27(40)37-9-3-4-17(13-37)33-25-32-12-21-24(36-25)38(18-7-5-15(6-8-18)23(31)39)26(34-21)35-22-19(28)10-16(29)11-20(22)30/h10-12,14-15,17-18H,3-9,13H2,1-2H3,(H2,31,39)(H,34,35)(H,32,33,36)/t15-,17-,18-/m1/s1. The van der Waals surface area contributed by atoms with Crippen LogP contribution in [0.25, 0.3) is 11.2 Å². The van der Waals surface area contributed by atoms with E-state index in [1.54, 1.807) is 11.1 Å². The lowest BCUT2D eigenvalue weighted by Gasteiger charge is -2.33. The van der Waals surface area contributed by atoms with Crippen LogP contribution >= 0.6 is 11.6 Å². The predicted octanol–water partition coefficient (Wildman–Crippen LogP) is 5.14. The molecule has 0 bridgehead atoms. The summed E-state index contributed by atoms with van der Waals surface area (Å²) in [7, 11) is 0. The molecule has 2 fully saturated rings. The molecule has 3 aromatic rings. The molecular weight excluding hydrogens is 558 g/mol. The van der Waals surface area contributed by atoms with Gasteiger partial charge in [-0.2, -0.15) is 4.98 Å². The molecule has 1 aliphatic carbocycles. The number of carbonyl (C=O) groups excluding carboxylic acids is 2. The number of anilines is 3. The van der Waals surface area contributed by atoms with Crippen molar-refractivity contribution in [2.45, 2.75) is 70.6 Å². The number of primary amides is 1.